The van der Waals surface area contributed by atoms with Crippen LogP contribution in [0.1, 0.15) is 56.9 Å². The molecule has 2 aliphatic heterocycles. The number of urea groups is 1. The van der Waals surface area contributed by atoms with Crippen molar-refractivity contribution in [2.75, 3.05) is 25.0 Å². The van der Waals surface area contributed by atoms with Crippen molar-refractivity contribution in [1.82, 2.24) is 10.2 Å². The molecular weight excluding hydrogens is 442 g/mol. The van der Waals surface area contributed by atoms with Crippen LogP contribution in [-0.2, 0) is 10.8 Å². The second-order valence-electron chi connectivity index (χ2n) is 8.86. The van der Waals surface area contributed by atoms with Crippen LogP contribution in [-0.4, -0.2) is 42.9 Å². The molecule has 0 saturated carbocycles. The topological polar surface area (TPSA) is 62.8 Å². The Hall–Kier alpha value is -2.33. The molecule has 0 aromatic heterocycles. The van der Waals surface area contributed by atoms with Gasteiger partial charge < -0.3 is 15.4 Å². The molecule has 3 aliphatic rings. The van der Waals surface area contributed by atoms with Gasteiger partial charge in [0.1, 0.15) is 5.75 Å². The first-order valence-electron chi connectivity index (χ1n) is 11.5. The highest BCUT2D eigenvalue weighted by atomic mass is 19.3. The Kier molecular flexibility index (Phi) is 7.13. The van der Waals surface area contributed by atoms with Gasteiger partial charge in [-0.25, -0.2) is 9.53 Å². The summed E-state index contributed by atoms with van der Waals surface area (Å²) in [6.45, 7) is 2.72. The van der Waals surface area contributed by atoms with Crippen LogP contribution in [0.15, 0.2) is 29.8 Å². The third-order valence-electron chi connectivity index (χ3n) is 6.26. The summed E-state index contributed by atoms with van der Waals surface area (Å²) < 4.78 is 61.6. The number of carbonyl (C=O) groups is 1. The number of rotatable bonds is 4. The number of hydrogen-bond donors (Lipinski definition) is 2. The van der Waals surface area contributed by atoms with E-state index in [4.69, 9.17) is 0 Å². The number of halogens is 4. The van der Waals surface area contributed by atoms with Crippen molar-refractivity contribution in [3.8, 4) is 5.75 Å². The van der Waals surface area contributed by atoms with Gasteiger partial charge in [-0.1, -0.05) is 24.5 Å². The molecule has 1 aliphatic carbocycles. The van der Waals surface area contributed by atoms with Crippen LogP contribution in [0.2, 0.25) is 0 Å². The summed E-state index contributed by atoms with van der Waals surface area (Å²) in [6.07, 6.45) is 2.74. The molecule has 182 valence electrons. The molecule has 1 aromatic rings. The molecule has 0 atom stereocenters. The smallest absolute Gasteiger partial charge is 0.409 e. The zero-order chi connectivity index (χ0) is 23.5. The van der Waals surface area contributed by atoms with Gasteiger partial charge in [0.05, 0.1) is 5.56 Å². The number of anilines is 1. The highest BCUT2D eigenvalue weighted by Crippen LogP contribution is 2.46. The third kappa shape index (κ3) is 6.38. The number of benzene rings is 1. The lowest BCUT2D eigenvalue weighted by Crippen LogP contribution is -2.46. The number of fused-ring (bicyclic) bond motifs is 1. The summed E-state index contributed by atoms with van der Waals surface area (Å²) in [7, 11) is 0. The summed E-state index contributed by atoms with van der Waals surface area (Å²) in [5.74, 6) is -0.700. The van der Waals surface area contributed by atoms with Gasteiger partial charge in [0.2, 0.25) is 0 Å². The molecule has 0 radical (unpaired) electrons. The maximum Gasteiger partial charge on any atom is 0.540 e. The number of carbonyl (C=O) groups excluding carboxylic acids is 1. The lowest BCUT2D eigenvalue weighted by atomic mass is 9.98. The number of nitrogens with one attached hydrogen (secondary N) is 2. The van der Waals surface area contributed by atoms with Crippen LogP contribution in [0.3, 0.4) is 0 Å². The predicted molar refractivity (Wildman–Crippen MR) is 114 cm³/mol. The maximum absolute atomic E-state index is 13.9. The molecule has 4 rings (SSSR count). The van der Waals surface area contributed by atoms with E-state index < -0.39 is 29.7 Å². The zero-order valence-electron chi connectivity index (χ0n) is 18.3. The third-order valence-corrected chi connectivity index (χ3v) is 6.26. The average molecular weight is 471 g/mol. The molecule has 1 aromatic carbocycles. The van der Waals surface area contributed by atoms with Crippen LogP contribution in [0.5, 0.6) is 5.75 Å². The molecule has 10 heteroatoms. The first-order valence-corrected chi connectivity index (χ1v) is 11.5. The van der Waals surface area contributed by atoms with Crippen molar-refractivity contribution in [2.45, 2.75) is 69.8 Å². The first-order chi connectivity index (χ1) is 15.7. The molecule has 1 fully saturated rings. The SMILES string of the molecule is O=C(Nc1ccc2c(c1)C(F)(F)OC(F)(F)O2)NC1CCN(C/C2=C/CCCCCC2)CC1. The quantitative estimate of drug-likeness (QED) is 0.446. The maximum atomic E-state index is 13.9. The van der Waals surface area contributed by atoms with Gasteiger partial charge in [-0.15, -0.1) is 8.78 Å². The largest absolute Gasteiger partial charge is 0.540 e. The normalized spacial score (nSPS) is 24.9. The number of amides is 2. The van der Waals surface area contributed by atoms with E-state index in [2.05, 4.69) is 31.1 Å². The molecule has 1 saturated heterocycles. The van der Waals surface area contributed by atoms with Gasteiger partial charge in [0.15, 0.2) is 0 Å². The Morgan fingerprint density at radius 3 is 2.64 bits per heavy atom. The number of likely N-dealkylation sites (tertiary alicyclic amines) is 1. The first kappa shape index (κ1) is 23.8. The number of alkyl halides is 4. The van der Waals surface area contributed by atoms with Crippen LogP contribution in [0, 0.1) is 0 Å². The monoisotopic (exact) mass is 471 g/mol. The highest BCUT2D eigenvalue weighted by Gasteiger charge is 2.54. The van der Waals surface area contributed by atoms with E-state index in [9.17, 15) is 22.4 Å². The van der Waals surface area contributed by atoms with Crippen LogP contribution < -0.4 is 15.4 Å². The summed E-state index contributed by atoms with van der Waals surface area (Å²) >= 11 is 0. The van der Waals surface area contributed by atoms with E-state index in [0.29, 0.717) is 0 Å². The average Bonchev–Trinajstić information content (AvgIpc) is 2.70. The molecule has 2 heterocycles. The van der Waals surface area contributed by atoms with Crippen molar-refractivity contribution >= 4 is 11.7 Å². The second-order valence-corrected chi connectivity index (χ2v) is 8.86. The van der Waals surface area contributed by atoms with Crippen molar-refractivity contribution in [1.29, 1.82) is 0 Å². The lowest BCUT2D eigenvalue weighted by molar-refractivity contribution is -0.461. The van der Waals surface area contributed by atoms with Gasteiger partial charge in [0.25, 0.3) is 0 Å². The van der Waals surface area contributed by atoms with Crippen molar-refractivity contribution in [2.24, 2.45) is 0 Å². The fraction of sp³-hybridized carbons (Fsp3) is 0.609. The fourth-order valence-corrected chi connectivity index (χ4v) is 4.55. The van der Waals surface area contributed by atoms with Gasteiger partial charge in [-0.05, 0) is 56.7 Å². The Morgan fingerprint density at radius 2 is 1.85 bits per heavy atom. The Labute approximate surface area is 190 Å². The number of hydrogen-bond acceptors (Lipinski definition) is 4. The van der Waals surface area contributed by atoms with E-state index in [0.717, 1.165) is 57.5 Å². The molecule has 6 nitrogen and oxygen atoms in total. The summed E-state index contributed by atoms with van der Waals surface area (Å²) in [6, 6.07) is 2.48. The fourth-order valence-electron chi connectivity index (χ4n) is 4.55. The molecule has 2 N–H and O–H groups in total. The standard InChI is InChI=1S/C23H29F4N3O3/c24-22(25)19-14-18(8-9-20(19)32-23(26,27)33-22)29-21(31)28-17-10-12-30(13-11-17)15-16-6-4-2-1-3-5-7-16/h6,8-9,14,17H,1-5,7,10-13,15H2,(H2,28,29,31)/b16-6+. The second kappa shape index (κ2) is 9.89. The van der Waals surface area contributed by atoms with E-state index in [1.165, 1.54) is 37.3 Å². The minimum absolute atomic E-state index is 0.0250. The van der Waals surface area contributed by atoms with Crippen LogP contribution in [0.4, 0.5) is 28.0 Å². The van der Waals surface area contributed by atoms with E-state index >= 15 is 0 Å². The summed E-state index contributed by atoms with van der Waals surface area (Å²) in [5, 5.41) is 5.35. The van der Waals surface area contributed by atoms with Crippen LogP contribution >= 0.6 is 0 Å². The highest BCUT2D eigenvalue weighted by molar-refractivity contribution is 5.89. The van der Waals surface area contributed by atoms with Gasteiger partial charge in [-0.2, -0.15) is 8.78 Å². The Balaban J connectivity index is 1.26. The van der Waals surface area contributed by atoms with Gasteiger partial charge in [-0.3, -0.25) is 4.90 Å². The van der Waals surface area contributed by atoms with E-state index in [-0.39, 0.29) is 11.7 Å². The van der Waals surface area contributed by atoms with Gasteiger partial charge >= 0.3 is 18.4 Å². The molecule has 0 spiro atoms. The van der Waals surface area contributed by atoms with Crippen molar-refractivity contribution in [3.05, 3.63) is 35.4 Å². The number of nitrogens with zero attached hydrogens (tertiary/aromatic N) is 1. The summed E-state index contributed by atoms with van der Waals surface area (Å²) in [4.78, 5) is 14.8. The van der Waals surface area contributed by atoms with Gasteiger partial charge in [0, 0.05) is 31.4 Å². The molecular formula is C23H29F4N3O3. The molecule has 2 amide bonds. The molecule has 0 unspecified atom stereocenters. The zero-order valence-corrected chi connectivity index (χ0v) is 18.3. The minimum Gasteiger partial charge on any atom is -0.409 e. The Bertz CT molecular complexity index is 886. The van der Waals surface area contributed by atoms with Crippen molar-refractivity contribution in [3.63, 3.8) is 0 Å². The number of piperidine rings is 1. The van der Waals surface area contributed by atoms with Crippen LogP contribution in [0.25, 0.3) is 0 Å². The number of ether oxygens (including phenoxy) is 2. The summed E-state index contributed by atoms with van der Waals surface area (Å²) in [5.41, 5.74) is 0.661. The van der Waals surface area contributed by atoms with E-state index in [1.54, 1.807) is 0 Å². The van der Waals surface area contributed by atoms with E-state index in [1.807, 2.05) is 0 Å². The predicted octanol–water partition coefficient (Wildman–Crippen LogP) is 5.56. The van der Waals surface area contributed by atoms with Crippen molar-refractivity contribution < 1.29 is 31.8 Å². The minimum atomic E-state index is -4.43. The Morgan fingerprint density at radius 1 is 1.09 bits per heavy atom. The molecule has 0 bridgehead atoms. The molecule has 33 heavy (non-hydrogen) atoms. The number of allylic oxidation sites excluding steroid dienone is 1. The lowest BCUT2D eigenvalue weighted by Gasteiger charge is -2.33.